The van der Waals surface area contributed by atoms with Crippen molar-refractivity contribution >= 4 is 10.0 Å². The van der Waals surface area contributed by atoms with Crippen LogP contribution in [0.1, 0.15) is 6.92 Å². The lowest BCUT2D eigenvalue weighted by molar-refractivity contribution is 0.370. The van der Waals surface area contributed by atoms with Gasteiger partial charge in [-0.15, -0.1) is 0 Å². The van der Waals surface area contributed by atoms with Gasteiger partial charge in [0.15, 0.2) is 0 Å². The highest BCUT2D eigenvalue weighted by molar-refractivity contribution is 7.89. The molecular formula is C11H18N2O3S. The van der Waals surface area contributed by atoms with Gasteiger partial charge in [-0.1, -0.05) is 12.1 Å². The van der Waals surface area contributed by atoms with Gasteiger partial charge < -0.3 is 10.0 Å². The van der Waals surface area contributed by atoms with Crippen molar-refractivity contribution in [1.29, 1.82) is 0 Å². The van der Waals surface area contributed by atoms with E-state index in [1.54, 1.807) is 19.1 Å². The van der Waals surface area contributed by atoms with Crippen LogP contribution in [0.4, 0.5) is 0 Å². The van der Waals surface area contributed by atoms with Crippen LogP contribution in [-0.4, -0.2) is 45.1 Å². The third kappa shape index (κ3) is 3.99. The Bertz CT molecular complexity index is 471. The average Bonchev–Trinajstić information content (AvgIpc) is 2.15. The fraction of sp³-hybridized carbons (Fsp3) is 0.455. The van der Waals surface area contributed by atoms with E-state index < -0.39 is 10.0 Å². The van der Waals surface area contributed by atoms with E-state index in [-0.39, 0.29) is 16.7 Å². The largest absolute Gasteiger partial charge is 0.507 e. The number of benzene rings is 1. The quantitative estimate of drug-likeness (QED) is 0.812. The molecule has 1 aromatic carbocycles. The van der Waals surface area contributed by atoms with Crippen LogP contribution in [0.3, 0.4) is 0 Å². The molecule has 0 bridgehead atoms. The van der Waals surface area contributed by atoms with E-state index in [4.69, 9.17) is 0 Å². The van der Waals surface area contributed by atoms with Gasteiger partial charge in [0.2, 0.25) is 10.0 Å². The van der Waals surface area contributed by atoms with Crippen LogP contribution in [0.5, 0.6) is 5.75 Å². The summed E-state index contributed by atoms with van der Waals surface area (Å²) in [5.74, 6) is -0.239. The lowest BCUT2D eigenvalue weighted by atomic mass is 10.3. The van der Waals surface area contributed by atoms with Crippen LogP contribution in [0.2, 0.25) is 0 Å². The molecule has 6 heteroatoms. The molecule has 1 atom stereocenters. The van der Waals surface area contributed by atoms with Crippen molar-refractivity contribution in [3.63, 3.8) is 0 Å². The molecule has 1 unspecified atom stereocenters. The van der Waals surface area contributed by atoms with Crippen molar-refractivity contribution in [3.05, 3.63) is 24.3 Å². The van der Waals surface area contributed by atoms with E-state index in [1.807, 2.05) is 19.0 Å². The second kappa shape index (κ2) is 5.48. The minimum Gasteiger partial charge on any atom is -0.507 e. The summed E-state index contributed by atoms with van der Waals surface area (Å²) in [6, 6.07) is 5.66. The Balaban J connectivity index is 2.86. The summed E-state index contributed by atoms with van der Waals surface area (Å²) >= 11 is 0. The van der Waals surface area contributed by atoms with Crippen molar-refractivity contribution < 1.29 is 13.5 Å². The van der Waals surface area contributed by atoms with Crippen LogP contribution in [0.15, 0.2) is 29.2 Å². The molecule has 5 nitrogen and oxygen atoms in total. The van der Waals surface area contributed by atoms with Gasteiger partial charge in [-0.05, 0) is 33.2 Å². The highest BCUT2D eigenvalue weighted by Crippen LogP contribution is 2.21. The first-order valence-corrected chi connectivity index (χ1v) is 6.76. The number of aromatic hydroxyl groups is 1. The lowest BCUT2D eigenvalue weighted by Crippen LogP contribution is -2.39. The van der Waals surface area contributed by atoms with Crippen molar-refractivity contribution in [2.24, 2.45) is 0 Å². The first-order valence-electron chi connectivity index (χ1n) is 5.28. The zero-order valence-electron chi connectivity index (χ0n) is 10.2. The summed E-state index contributed by atoms with van der Waals surface area (Å²) in [5.41, 5.74) is 0. The second-order valence-electron chi connectivity index (χ2n) is 4.25. The Kier molecular flexibility index (Phi) is 4.50. The summed E-state index contributed by atoms with van der Waals surface area (Å²) in [4.78, 5) is 1.79. The Morgan fingerprint density at radius 2 is 1.94 bits per heavy atom. The van der Waals surface area contributed by atoms with Crippen molar-refractivity contribution in [1.82, 2.24) is 9.62 Å². The number of sulfonamides is 1. The lowest BCUT2D eigenvalue weighted by Gasteiger charge is -2.18. The molecule has 0 saturated heterocycles. The molecule has 0 amide bonds. The number of hydrogen-bond donors (Lipinski definition) is 2. The fourth-order valence-corrected chi connectivity index (χ4v) is 2.93. The zero-order valence-corrected chi connectivity index (χ0v) is 11.0. The van der Waals surface area contributed by atoms with Gasteiger partial charge in [0.25, 0.3) is 0 Å². The number of nitrogens with one attached hydrogen (secondary N) is 1. The van der Waals surface area contributed by atoms with Crippen LogP contribution in [0.25, 0.3) is 0 Å². The summed E-state index contributed by atoms with van der Waals surface area (Å²) in [7, 11) is 0.0692. The molecule has 0 aromatic heterocycles. The Morgan fingerprint density at radius 3 is 2.47 bits per heavy atom. The van der Waals surface area contributed by atoms with E-state index >= 15 is 0 Å². The average molecular weight is 258 g/mol. The number of likely N-dealkylation sites (N-methyl/N-ethyl adjacent to an activating group) is 1. The predicted molar refractivity (Wildman–Crippen MR) is 66.4 cm³/mol. The SMILES string of the molecule is CC(CN(C)C)NS(=O)(=O)c1ccccc1O. The van der Waals surface area contributed by atoms with Crippen molar-refractivity contribution in [3.8, 4) is 5.75 Å². The summed E-state index contributed by atoms with van der Waals surface area (Å²) in [6.07, 6.45) is 0. The molecule has 1 rings (SSSR count). The molecular weight excluding hydrogens is 240 g/mol. The number of phenolic OH excluding ortho intramolecular Hbond substituents is 1. The van der Waals surface area contributed by atoms with Gasteiger partial charge in [0.1, 0.15) is 10.6 Å². The molecule has 17 heavy (non-hydrogen) atoms. The van der Waals surface area contributed by atoms with Crippen molar-refractivity contribution in [2.45, 2.75) is 17.9 Å². The first kappa shape index (κ1) is 14.0. The summed E-state index contributed by atoms with van der Waals surface area (Å²) in [5, 5.41) is 9.51. The van der Waals surface area contributed by atoms with E-state index in [2.05, 4.69) is 4.72 Å². The second-order valence-corrected chi connectivity index (χ2v) is 5.93. The van der Waals surface area contributed by atoms with E-state index in [0.29, 0.717) is 6.54 Å². The molecule has 96 valence electrons. The molecule has 1 aromatic rings. The number of rotatable bonds is 5. The zero-order chi connectivity index (χ0) is 13.1. The highest BCUT2D eigenvalue weighted by Gasteiger charge is 2.20. The van der Waals surface area contributed by atoms with Crippen molar-refractivity contribution in [2.75, 3.05) is 20.6 Å². The number of phenols is 1. The minimum atomic E-state index is -3.66. The molecule has 0 saturated carbocycles. The number of hydrogen-bond acceptors (Lipinski definition) is 4. The van der Waals surface area contributed by atoms with Gasteiger partial charge in [-0.2, -0.15) is 0 Å². The van der Waals surface area contributed by atoms with Gasteiger partial charge in [-0.3, -0.25) is 0 Å². The van der Waals surface area contributed by atoms with Gasteiger partial charge in [-0.25, -0.2) is 13.1 Å². The van der Waals surface area contributed by atoms with Crippen LogP contribution in [0, 0.1) is 0 Å². The standard InChI is InChI=1S/C11H18N2O3S/c1-9(8-13(2)3)12-17(15,16)11-7-5-4-6-10(11)14/h4-7,9,12,14H,8H2,1-3H3. The summed E-state index contributed by atoms with van der Waals surface area (Å²) < 4.78 is 26.4. The van der Waals surface area contributed by atoms with E-state index in [1.165, 1.54) is 12.1 Å². The van der Waals surface area contributed by atoms with Gasteiger partial charge in [0.05, 0.1) is 0 Å². The topological polar surface area (TPSA) is 69.6 Å². The third-order valence-electron chi connectivity index (χ3n) is 2.15. The predicted octanol–water partition coefficient (Wildman–Crippen LogP) is 0.621. The third-order valence-corrected chi connectivity index (χ3v) is 3.79. The first-order chi connectivity index (χ1) is 7.83. The Labute approximate surface area is 102 Å². The maximum atomic E-state index is 12.0. The summed E-state index contributed by atoms with van der Waals surface area (Å²) in [6.45, 7) is 2.37. The monoisotopic (exact) mass is 258 g/mol. The fourth-order valence-electron chi connectivity index (χ4n) is 1.60. The Morgan fingerprint density at radius 1 is 1.35 bits per heavy atom. The van der Waals surface area contributed by atoms with Gasteiger partial charge in [0, 0.05) is 12.6 Å². The molecule has 0 heterocycles. The molecule has 0 aliphatic carbocycles. The maximum absolute atomic E-state index is 12.0. The van der Waals surface area contributed by atoms with Gasteiger partial charge >= 0.3 is 0 Å². The molecule has 0 radical (unpaired) electrons. The highest BCUT2D eigenvalue weighted by atomic mass is 32.2. The number of para-hydroxylation sites is 1. The van der Waals surface area contributed by atoms with Crippen LogP contribution in [-0.2, 0) is 10.0 Å². The normalized spacial score (nSPS) is 13.9. The maximum Gasteiger partial charge on any atom is 0.244 e. The molecule has 0 fully saturated rings. The molecule has 0 aliphatic heterocycles. The molecule has 0 aliphatic rings. The van der Waals surface area contributed by atoms with Crippen LogP contribution < -0.4 is 4.72 Å². The molecule has 0 spiro atoms. The Hall–Kier alpha value is -1.11. The van der Waals surface area contributed by atoms with E-state index in [9.17, 15) is 13.5 Å². The number of nitrogens with zero attached hydrogens (tertiary/aromatic N) is 1. The molecule has 2 N–H and O–H groups in total. The van der Waals surface area contributed by atoms with E-state index in [0.717, 1.165) is 0 Å². The van der Waals surface area contributed by atoms with Crippen LogP contribution >= 0.6 is 0 Å². The smallest absolute Gasteiger partial charge is 0.244 e. The minimum absolute atomic E-state index is 0.0920.